The minimum atomic E-state index is -0.634. The average molecular weight is 246 g/mol. The van der Waals surface area contributed by atoms with Crippen molar-refractivity contribution >= 4 is 11.6 Å². The lowest BCUT2D eigenvalue weighted by atomic mass is 9.55. The lowest BCUT2D eigenvalue weighted by Gasteiger charge is -2.46. The number of hydrogen-bond donors (Lipinski definition) is 0. The molecule has 18 heavy (non-hydrogen) atoms. The van der Waals surface area contributed by atoms with Crippen LogP contribution in [0.5, 0.6) is 0 Å². The normalized spacial score (nSPS) is 44.9. The van der Waals surface area contributed by atoms with Gasteiger partial charge in [0, 0.05) is 5.92 Å². The van der Waals surface area contributed by atoms with E-state index in [0.717, 1.165) is 5.57 Å². The number of azo groups is 1. The number of rotatable bonds is 0. The number of Topliss-reactive ketones (excluding diaryl/α,β-unsaturated/α-hetero) is 1. The summed E-state index contributed by atoms with van der Waals surface area (Å²) in [6.45, 7) is 7.68. The summed E-state index contributed by atoms with van der Waals surface area (Å²) in [5.41, 5.74) is -0.211. The molecular formula is C14H18N2O2. The van der Waals surface area contributed by atoms with E-state index < -0.39 is 11.1 Å². The van der Waals surface area contributed by atoms with Crippen molar-refractivity contribution in [2.75, 3.05) is 0 Å². The molecule has 0 saturated heterocycles. The predicted octanol–water partition coefficient (Wildman–Crippen LogP) is 2.34. The van der Waals surface area contributed by atoms with Crippen LogP contribution in [0.15, 0.2) is 21.9 Å². The smallest absolute Gasteiger partial charge is 0.161 e. The fourth-order valence-electron chi connectivity index (χ4n) is 4.01. The molecule has 0 amide bonds. The minimum absolute atomic E-state index is 0.103. The maximum Gasteiger partial charge on any atom is 0.161 e. The predicted molar refractivity (Wildman–Crippen MR) is 66.2 cm³/mol. The van der Waals surface area contributed by atoms with Crippen LogP contribution < -0.4 is 0 Å². The quantitative estimate of drug-likeness (QED) is 0.658. The Morgan fingerprint density at radius 1 is 1.22 bits per heavy atom. The molecule has 1 fully saturated rings. The van der Waals surface area contributed by atoms with E-state index in [4.69, 9.17) is 0 Å². The van der Waals surface area contributed by atoms with Crippen LogP contribution in [-0.4, -0.2) is 22.6 Å². The molecule has 0 spiro atoms. The molecular weight excluding hydrogens is 228 g/mol. The molecule has 0 aromatic rings. The van der Waals surface area contributed by atoms with Gasteiger partial charge in [0.05, 0.1) is 17.4 Å². The zero-order valence-corrected chi connectivity index (χ0v) is 11.2. The van der Waals surface area contributed by atoms with Gasteiger partial charge in [-0.3, -0.25) is 9.59 Å². The number of nitrogens with zero attached hydrogens (tertiary/aromatic N) is 2. The largest absolute Gasteiger partial charge is 0.299 e. The second-order valence-corrected chi connectivity index (χ2v) is 6.55. The third-order valence-electron chi connectivity index (χ3n) is 4.88. The molecule has 0 aromatic heterocycles. The van der Waals surface area contributed by atoms with Gasteiger partial charge in [-0.15, -0.1) is 0 Å². The molecule has 1 aliphatic heterocycles. The van der Waals surface area contributed by atoms with Crippen molar-refractivity contribution in [1.82, 2.24) is 0 Å². The molecule has 4 nitrogen and oxygen atoms in total. The Hall–Kier alpha value is -1.32. The third-order valence-corrected chi connectivity index (χ3v) is 4.88. The number of carbonyl (C=O) groups is 2. The molecule has 4 heteroatoms. The van der Waals surface area contributed by atoms with Crippen LogP contribution >= 0.6 is 0 Å². The van der Waals surface area contributed by atoms with Gasteiger partial charge in [-0.1, -0.05) is 5.57 Å². The fourth-order valence-corrected chi connectivity index (χ4v) is 4.01. The standard InChI is InChI=1S/C14H18N2O2/c1-7-5-10(17)9-6-8(7)11(18)12-13(2,3)15-16-14(9,12)4/h5,8-9,12H,6H2,1-4H3/t8-,9+,12+,14+/m1/s1. The van der Waals surface area contributed by atoms with Crippen molar-refractivity contribution in [3.63, 3.8) is 0 Å². The lowest BCUT2D eigenvalue weighted by molar-refractivity contribution is -0.138. The fraction of sp³-hybridized carbons (Fsp3) is 0.714. The Morgan fingerprint density at radius 2 is 1.89 bits per heavy atom. The van der Waals surface area contributed by atoms with Crippen LogP contribution in [-0.2, 0) is 9.59 Å². The Morgan fingerprint density at radius 3 is 2.56 bits per heavy atom. The number of fused-ring (bicyclic) bond motifs is 4. The molecule has 0 N–H and O–H groups in total. The molecule has 4 atom stereocenters. The zero-order chi connectivity index (χ0) is 13.3. The van der Waals surface area contributed by atoms with E-state index in [1.165, 1.54) is 0 Å². The first-order valence-electron chi connectivity index (χ1n) is 6.47. The maximum absolute atomic E-state index is 12.7. The third kappa shape index (κ3) is 1.21. The zero-order valence-electron chi connectivity index (χ0n) is 11.2. The van der Waals surface area contributed by atoms with Crippen molar-refractivity contribution < 1.29 is 9.59 Å². The molecule has 0 radical (unpaired) electrons. The second kappa shape index (κ2) is 3.16. The van der Waals surface area contributed by atoms with E-state index >= 15 is 0 Å². The van der Waals surface area contributed by atoms with E-state index in [-0.39, 0.29) is 29.3 Å². The van der Waals surface area contributed by atoms with Gasteiger partial charge in [0.2, 0.25) is 0 Å². The van der Waals surface area contributed by atoms with Gasteiger partial charge in [0.25, 0.3) is 0 Å². The Labute approximate surface area is 107 Å². The SMILES string of the molecule is CC1=CC(=O)[C@@H]2C[C@H]1C(=O)[C@H]1C(C)(C)N=N[C@@]21C. The highest BCUT2D eigenvalue weighted by atomic mass is 16.1. The Balaban J connectivity index is 2.18. The van der Waals surface area contributed by atoms with Crippen LogP contribution in [0, 0.1) is 17.8 Å². The van der Waals surface area contributed by atoms with Crippen molar-refractivity contribution in [2.24, 2.45) is 28.0 Å². The van der Waals surface area contributed by atoms with Gasteiger partial charge in [0.15, 0.2) is 5.78 Å². The van der Waals surface area contributed by atoms with E-state index in [0.29, 0.717) is 6.42 Å². The lowest BCUT2D eigenvalue weighted by Crippen LogP contribution is -2.58. The maximum atomic E-state index is 12.7. The molecule has 3 aliphatic rings. The number of hydrogen-bond acceptors (Lipinski definition) is 4. The minimum Gasteiger partial charge on any atom is -0.299 e. The van der Waals surface area contributed by atoms with E-state index in [2.05, 4.69) is 10.2 Å². The molecule has 0 aromatic carbocycles. The van der Waals surface area contributed by atoms with Crippen LogP contribution in [0.3, 0.4) is 0 Å². The topological polar surface area (TPSA) is 58.9 Å². The number of ketones is 2. The van der Waals surface area contributed by atoms with Crippen LogP contribution in [0.1, 0.15) is 34.1 Å². The van der Waals surface area contributed by atoms with Gasteiger partial charge in [0.1, 0.15) is 11.3 Å². The van der Waals surface area contributed by atoms with E-state index in [9.17, 15) is 9.59 Å². The Bertz CT molecular complexity index is 518. The summed E-state index contributed by atoms with van der Waals surface area (Å²) in [5, 5.41) is 8.63. The van der Waals surface area contributed by atoms with Gasteiger partial charge >= 0.3 is 0 Å². The van der Waals surface area contributed by atoms with Crippen molar-refractivity contribution in [1.29, 1.82) is 0 Å². The summed E-state index contributed by atoms with van der Waals surface area (Å²) in [4.78, 5) is 24.9. The highest BCUT2D eigenvalue weighted by molar-refractivity contribution is 6.01. The Kier molecular flexibility index (Phi) is 2.07. The van der Waals surface area contributed by atoms with Gasteiger partial charge in [-0.2, -0.15) is 10.2 Å². The van der Waals surface area contributed by atoms with Crippen LogP contribution in [0.25, 0.3) is 0 Å². The molecule has 96 valence electrons. The molecule has 2 aliphatic carbocycles. The summed E-state index contributed by atoms with van der Waals surface area (Å²) in [7, 11) is 0. The molecule has 2 bridgehead atoms. The molecule has 1 heterocycles. The average Bonchev–Trinajstić information content (AvgIpc) is 2.50. The molecule has 0 unspecified atom stereocenters. The highest BCUT2D eigenvalue weighted by Crippen LogP contribution is 2.54. The van der Waals surface area contributed by atoms with Crippen molar-refractivity contribution in [2.45, 2.75) is 45.2 Å². The number of carbonyl (C=O) groups excluding carboxylic acids is 2. The molecule has 1 saturated carbocycles. The monoisotopic (exact) mass is 246 g/mol. The first-order chi connectivity index (χ1) is 8.27. The van der Waals surface area contributed by atoms with Crippen molar-refractivity contribution in [3.8, 4) is 0 Å². The molecule has 3 rings (SSSR count). The number of allylic oxidation sites excluding steroid dienone is 2. The summed E-state index contributed by atoms with van der Waals surface area (Å²) < 4.78 is 0. The van der Waals surface area contributed by atoms with Crippen LogP contribution in [0.2, 0.25) is 0 Å². The first-order valence-corrected chi connectivity index (χ1v) is 6.47. The van der Waals surface area contributed by atoms with Gasteiger partial charge in [-0.05, 0) is 40.2 Å². The van der Waals surface area contributed by atoms with E-state index in [1.807, 2.05) is 27.7 Å². The summed E-state index contributed by atoms with van der Waals surface area (Å²) >= 11 is 0. The van der Waals surface area contributed by atoms with Gasteiger partial charge < -0.3 is 0 Å². The first kappa shape index (κ1) is 11.8. The highest BCUT2D eigenvalue weighted by Gasteiger charge is 2.63. The van der Waals surface area contributed by atoms with E-state index in [1.54, 1.807) is 6.08 Å². The van der Waals surface area contributed by atoms with Crippen LogP contribution in [0.4, 0.5) is 0 Å². The summed E-state index contributed by atoms with van der Waals surface area (Å²) in [6.07, 6.45) is 2.25. The summed E-state index contributed by atoms with van der Waals surface area (Å²) in [5.74, 6) is -0.222. The summed E-state index contributed by atoms with van der Waals surface area (Å²) in [6, 6.07) is 0. The van der Waals surface area contributed by atoms with Gasteiger partial charge in [-0.25, -0.2) is 0 Å². The van der Waals surface area contributed by atoms with Crippen molar-refractivity contribution in [3.05, 3.63) is 11.6 Å². The second-order valence-electron chi connectivity index (χ2n) is 6.55.